The predicted molar refractivity (Wildman–Crippen MR) is 74.6 cm³/mol. The number of anilines is 1. The van der Waals surface area contributed by atoms with E-state index in [-0.39, 0.29) is 12.3 Å². The van der Waals surface area contributed by atoms with E-state index < -0.39 is 6.36 Å². The first kappa shape index (κ1) is 14.7. The van der Waals surface area contributed by atoms with Crippen molar-refractivity contribution in [3.8, 4) is 5.75 Å². The van der Waals surface area contributed by atoms with Crippen LogP contribution in [0.15, 0.2) is 53.0 Å². The van der Waals surface area contributed by atoms with Crippen LogP contribution in [0.4, 0.5) is 18.9 Å². The van der Waals surface area contributed by atoms with E-state index in [1.54, 1.807) is 12.1 Å². The monoisotopic (exact) mass is 345 g/mol. The summed E-state index contributed by atoms with van der Waals surface area (Å²) in [6, 6.07) is 13.4. The summed E-state index contributed by atoms with van der Waals surface area (Å²) in [5.74, 6) is -0.190. The number of nitrogens with one attached hydrogen (secondary N) is 1. The number of alkyl halides is 3. The van der Waals surface area contributed by atoms with Crippen LogP contribution in [0, 0.1) is 0 Å². The third-order valence-electron chi connectivity index (χ3n) is 2.53. The Labute approximate surface area is 122 Å². The summed E-state index contributed by atoms with van der Waals surface area (Å²) in [4.78, 5) is 0. The fraction of sp³-hybridized carbons (Fsp3) is 0.143. The zero-order valence-corrected chi connectivity index (χ0v) is 11.8. The molecule has 0 heterocycles. The lowest BCUT2D eigenvalue weighted by Gasteiger charge is -2.14. The summed E-state index contributed by atoms with van der Waals surface area (Å²) in [5, 5.41) is 3.05. The van der Waals surface area contributed by atoms with Crippen LogP contribution in [-0.2, 0) is 6.54 Å². The summed E-state index contributed by atoms with van der Waals surface area (Å²) in [7, 11) is 0. The molecule has 0 fully saturated rings. The highest BCUT2D eigenvalue weighted by molar-refractivity contribution is 9.10. The molecule has 6 heteroatoms. The van der Waals surface area contributed by atoms with Gasteiger partial charge in [0.2, 0.25) is 0 Å². The highest BCUT2D eigenvalue weighted by atomic mass is 79.9. The van der Waals surface area contributed by atoms with Crippen LogP contribution in [0.2, 0.25) is 0 Å². The van der Waals surface area contributed by atoms with Gasteiger partial charge in [0, 0.05) is 22.3 Å². The molecule has 0 bridgehead atoms. The predicted octanol–water partition coefficient (Wildman–Crippen LogP) is 4.96. The Kier molecular flexibility index (Phi) is 4.54. The number of hydrogen-bond donors (Lipinski definition) is 1. The summed E-state index contributed by atoms with van der Waals surface area (Å²) >= 11 is 3.31. The van der Waals surface area contributed by atoms with Crippen molar-refractivity contribution in [2.45, 2.75) is 12.9 Å². The van der Waals surface area contributed by atoms with Crippen molar-refractivity contribution in [1.29, 1.82) is 0 Å². The van der Waals surface area contributed by atoms with E-state index in [1.165, 1.54) is 12.1 Å². The number of hydrogen-bond acceptors (Lipinski definition) is 2. The number of ether oxygens (including phenoxy) is 1. The number of rotatable bonds is 4. The van der Waals surface area contributed by atoms with E-state index in [2.05, 4.69) is 26.0 Å². The Bertz CT molecular complexity index is 569. The smallest absolute Gasteiger partial charge is 0.405 e. The highest BCUT2D eigenvalue weighted by Gasteiger charge is 2.31. The van der Waals surface area contributed by atoms with Crippen LogP contribution in [0.3, 0.4) is 0 Å². The molecular formula is C14H11BrF3NO. The van der Waals surface area contributed by atoms with Gasteiger partial charge in [-0.25, -0.2) is 0 Å². The molecule has 2 rings (SSSR count). The van der Waals surface area contributed by atoms with Gasteiger partial charge >= 0.3 is 6.36 Å². The zero-order chi connectivity index (χ0) is 14.6. The Balaban J connectivity index is 2.07. The van der Waals surface area contributed by atoms with Crippen molar-refractivity contribution < 1.29 is 17.9 Å². The summed E-state index contributed by atoms with van der Waals surface area (Å²) in [5.41, 5.74) is 1.25. The van der Waals surface area contributed by atoms with Gasteiger partial charge in [-0.15, -0.1) is 13.2 Å². The molecule has 0 aliphatic rings. The molecule has 0 radical (unpaired) electrons. The fourth-order valence-electron chi connectivity index (χ4n) is 1.64. The average molecular weight is 346 g/mol. The fourth-order valence-corrected chi connectivity index (χ4v) is 1.90. The van der Waals surface area contributed by atoms with Crippen LogP contribution in [0.25, 0.3) is 0 Å². The molecule has 2 aromatic rings. The first-order valence-corrected chi connectivity index (χ1v) is 6.56. The normalized spacial score (nSPS) is 11.2. The first-order chi connectivity index (χ1) is 9.44. The first-order valence-electron chi connectivity index (χ1n) is 5.77. The second-order valence-electron chi connectivity index (χ2n) is 4.02. The van der Waals surface area contributed by atoms with Gasteiger partial charge < -0.3 is 10.1 Å². The molecule has 0 amide bonds. The van der Waals surface area contributed by atoms with Gasteiger partial charge in [0.1, 0.15) is 5.75 Å². The van der Waals surface area contributed by atoms with Gasteiger partial charge in [-0.2, -0.15) is 0 Å². The number of halogens is 4. The Morgan fingerprint density at radius 2 is 1.65 bits per heavy atom. The molecule has 2 nitrogen and oxygen atoms in total. The van der Waals surface area contributed by atoms with Crippen molar-refractivity contribution in [2.75, 3.05) is 5.32 Å². The largest absolute Gasteiger partial charge is 0.573 e. The highest BCUT2D eigenvalue weighted by Crippen LogP contribution is 2.27. The van der Waals surface area contributed by atoms with Gasteiger partial charge in [-0.05, 0) is 30.3 Å². The minimum absolute atomic E-state index is 0.190. The second kappa shape index (κ2) is 6.17. The van der Waals surface area contributed by atoms with Gasteiger partial charge in [-0.1, -0.05) is 34.1 Å². The molecule has 0 unspecified atom stereocenters. The molecule has 2 aromatic carbocycles. The molecular weight excluding hydrogens is 335 g/mol. The average Bonchev–Trinajstić information content (AvgIpc) is 2.38. The Morgan fingerprint density at radius 1 is 1.00 bits per heavy atom. The maximum absolute atomic E-state index is 12.3. The molecule has 1 N–H and O–H groups in total. The maximum Gasteiger partial charge on any atom is 0.573 e. The molecule has 0 aromatic heterocycles. The topological polar surface area (TPSA) is 21.3 Å². The van der Waals surface area contributed by atoms with Crippen LogP contribution in [0.5, 0.6) is 5.75 Å². The van der Waals surface area contributed by atoms with Crippen molar-refractivity contribution in [3.05, 3.63) is 58.6 Å². The maximum atomic E-state index is 12.3. The van der Waals surface area contributed by atoms with Crippen LogP contribution in [-0.4, -0.2) is 6.36 Å². The van der Waals surface area contributed by atoms with Gasteiger partial charge in [0.05, 0.1) is 0 Å². The Morgan fingerprint density at radius 3 is 2.30 bits per heavy atom. The lowest BCUT2D eigenvalue weighted by Crippen LogP contribution is -2.18. The third-order valence-corrected chi connectivity index (χ3v) is 3.05. The molecule has 106 valence electrons. The molecule has 0 spiro atoms. The minimum atomic E-state index is -4.69. The van der Waals surface area contributed by atoms with E-state index in [9.17, 15) is 13.2 Å². The molecule has 0 atom stereocenters. The van der Waals surface area contributed by atoms with Gasteiger partial charge in [0.25, 0.3) is 0 Å². The molecule has 20 heavy (non-hydrogen) atoms. The van der Waals surface area contributed by atoms with Crippen molar-refractivity contribution in [2.24, 2.45) is 0 Å². The van der Waals surface area contributed by atoms with E-state index in [0.717, 1.165) is 10.2 Å². The zero-order valence-electron chi connectivity index (χ0n) is 10.2. The molecule has 0 saturated carbocycles. The second-order valence-corrected chi connectivity index (χ2v) is 4.93. The van der Waals surface area contributed by atoms with E-state index in [1.807, 2.05) is 24.3 Å². The van der Waals surface area contributed by atoms with Crippen LogP contribution < -0.4 is 10.1 Å². The number of para-hydroxylation sites is 1. The van der Waals surface area contributed by atoms with Crippen molar-refractivity contribution in [3.63, 3.8) is 0 Å². The van der Waals surface area contributed by atoms with Crippen molar-refractivity contribution in [1.82, 2.24) is 0 Å². The SMILES string of the molecule is FC(F)(F)Oc1ccccc1CNc1ccc(Br)cc1. The third kappa shape index (κ3) is 4.45. The number of benzene rings is 2. The summed E-state index contributed by atoms with van der Waals surface area (Å²) in [6.07, 6.45) is -4.69. The lowest BCUT2D eigenvalue weighted by molar-refractivity contribution is -0.274. The van der Waals surface area contributed by atoms with Crippen LogP contribution >= 0.6 is 15.9 Å². The molecule has 0 aliphatic carbocycles. The van der Waals surface area contributed by atoms with E-state index in [0.29, 0.717) is 5.56 Å². The standard InChI is InChI=1S/C14H11BrF3NO/c15-11-5-7-12(8-6-11)19-9-10-3-1-2-4-13(10)20-14(16,17)18/h1-8,19H,9H2. The van der Waals surface area contributed by atoms with Gasteiger partial charge in [-0.3, -0.25) is 0 Å². The Hall–Kier alpha value is -1.69. The summed E-state index contributed by atoms with van der Waals surface area (Å²) in [6.45, 7) is 0.244. The minimum Gasteiger partial charge on any atom is -0.405 e. The summed E-state index contributed by atoms with van der Waals surface area (Å²) < 4.78 is 41.8. The van der Waals surface area contributed by atoms with Gasteiger partial charge in [0.15, 0.2) is 0 Å². The van der Waals surface area contributed by atoms with E-state index in [4.69, 9.17) is 0 Å². The van der Waals surface area contributed by atoms with E-state index >= 15 is 0 Å². The molecule has 0 saturated heterocycles. The van der Waals surface area contributed by atoms with Crippen LogP contribution in [0.1, 0.15) is 5.56 Å². The van der Waals surface area contributed by atoms with Crippen molar-refractivity contribution >= 4 is 21.6 Å². The molecule has 0 aliphatic heterocycles. The quantitative estimate of drug-likeness (QED) is 0.845. The lowest BCUT2D eigenvalue weighted by atomic mass is 10.2.